The van der Waals surface area contributed by atoms with Gasteiger partial charge in [-0.05, 0) is 53.9 Å². The summed E-state index contributed by atoms with van der Waals surface area (Å²) in [4.78, 5) is 16.1. The summed E-state index contributed by atoms with van der Waals surface area (Å²) in [7, 11) is -3.88. The van der Waals surface area contributed by atoms with Crippen LogP contribution in [0.2, 0.25) is 10.0 Å². The molecule has 29 heavy (non-hydrogen) atoms. The largest absolute Gasteiger partial charge is 0.299 e. The average Bonchev–Trinajstić information content (AvgIpc) is 2.70. The smallest absolute Gasteiger partial charge is 0.263 e. The highest BCUT2D eigenvalue weighted by Gasteiger charge is 2.18. The molecule has 2 aromatic carbocycles. The van der Waals surface area contributed by atoms with Crippen LogP contribution in [0.5, 0.6) is 0 Å². The van der Waals surface area contributed by atoms with Gasteiger partial charge in [-0.15, -0.1) is 0 Å². The Labute approximate surface area is 179 Å². The fourth-order valence-electron chi connectivity index (χ4n) is 2.73. The Bertz CT molecular complexity index is 1100. The summed E-state index contributed by atoms with van der Waals surface area (Å²) >= 11 is 11.9. The number of benzene rings is 2. The molecule has 0 atom stereocenters. The first-order valence-corrected chi connectivity index (χ1v) is 11.0. The Balaban J connectivity index is 1.61. The van der Waals surface area contributed by atoms with Crippen LogP contribution in [-0.4, -0.2) is 19.2 Å². The number of hydrogen-bond acceptors (Lipinski definition) is 4. The van der Waals surface area contributed by atoms with Gasteiger partial charge in [0.1, 0.15) is 10.7 Å². The Morgan fingerprint density at radius 1 is 1.00 bits per heavy atom. The summed E-state index contributed by atoms with van der Waals surface area (Å²) in [5.74, 6) is 0.105. The molecule has 0 unspecified atom stereocenters. The number of nitrogens with one attached hydrogen (secondary N) is 1. The van der Waals surface area contributed by atoms with Gasteiger partial charge in [0.15, 0.2) is 0 Å². The molecule has 0 saturated carbocycles. The van der Waals surface area contributed by atoms with Crippen LogP contribution in [0.25, 0.3) is 0 Å². The van der Waals surface area contributed by atoms with Crippen molar-refractivity contribution in [3.8, 4) is 0 Å². The van der Waals surface area contributed by atoms with Crippen molar-refractivity contribution in [2.75, 3.05) is 4.72 Å². The number of nitrogens with zero attached hydrogens (tertiary/aromatic N) is 1. The van der Waals surface area contributed by atoms with E-state index in [-0.39, 0.29) is 27.1 Å². The van der Waals surface area contributed by atoms with E-state index in [1.165, 1.54) is 18.2 Å². The fourth-order valence-corrected chi connectivity index (χ4v) is 4.55. The highest BCUT2D eigenvalue weighted by atomic mass is 35.5. The normalized spacial score (nSPS) is 11.2. The SMILES string of the molecule is O=C(CCc1cccnc1)Cc1ccc(NS(=O)(=O)c2cc(Cl)ccc2Cl)cc1. The molecule has 0 amide bonds. The van der Waals surface area contributed by atoms with Gasteiger partial charge in [-0.1, -0.05) is 41.4 Å². The predicted octanol–water partition coefficient (Wildman–Crippen LogP) is 4.93. The van der Waals surface area contributed by atoms with E-state index < -0.39 is 10.0 Å². The van der Waals surface area contributed by atoms with Gasteiger partial charge < -0.3 is 0 Å². The highest BCUT2D eigenvalue weighted by molar-refractivity contribution is 7.92. The quantitative estimate of drug-likeness (QED) is 0.529. The maximum absolute atomic E-state index is 12.5. The average molecular weight is 449 g/mol. The van der Waals surface area contributed by atoms with E-state index in [1.807, 2.05) is 12.1 Å². The molecule has 0 aliphatic carbocycles. The van der Waals surface area contributed by atoms with E-state index in [2.05, 4.69) is 9.71 Å². The molecule has 1 heterocycles. The zero-order valence-corrected chi connectivity index (χ0v) is 17.6. The summed E-state index contributed by atoms with van der Waals surface area (Å²) in [5, 5.41) is 0.354. The van der Waals surface area contributed by atoms with Crippen LogP contribution >= 0.6 is 23.2 Å². The first kappa shape index (κ1) is 21.3. The Kier molecular flexibility index (Phi) is 6.90. The molecule has 0 spiro atoms. The van der Waals surface area contributed by atoms with Crippen molar-refractivity contribution >= 4 is 44.7 Å². The lowest BCUT2D eigenvalue weighted by molar-refractivity contribution is -0.118. The number of hydrogen-bond donors (Lipinski definition) is 1. The summed E-state index contributed by atoms with van der Waals surface area (Å²) in [6.07, 6.45) is 4.80. The van der Waals surface area contributed by atoms with Crippen LogP contribution in [0.15, 0.2) is 71.9 Å². The Morgan fingerprint density at radius 3 is 2.45 bits per heavy atom. The number of pyridine rings is 1. The number of halogens is 2. The number of carbonyl (C=O) groups is 1. The molecule has 0 aliphatic heterocycles. The lowest BCUT2D eigenvalue weighted by Crippen LogP contribution is -2.13. The van der Waals surface area contributed by atoms with Crippen molar-refractivity contribution in [1.82, 2.24) is 4.98 Å². The number of sulfonamides is 1. The Hall–Kier alpha value is -2.41. The molecule has 3 aromatic rings. The van der Waals surface area contributed by atoms with Crippen molar-refractivity contribution in [3.63, 3.8) is 0 Å². The molecular formula is C21H18Cl2N2O3S. The van der Waals surface area contributed by atoms with Crippen molar-refractivity contribution in [1.29, 1.82) is 0 Å². The lowest BCUT2D eigenvalue weighted by Gasteiger charge is -2.10. The maximum Gasteiger partial charge on any atom is 0.263 e. The van der Waals surface area contributed by atoms with E-state index in [4.69, 9.17) is 23.2 Å². The standard InChI is InChI=1S/C21H18Cl2N2O3S/c22-17-6-10-20(23)21(13-17)29(27,28)25-18-7-3-15(4-8-18)12-19(26)9-5-16-2-1-11-24-14-16/h1-4,6-8,10-11,13-14,25H,5,9,12H2. The van der Waals surface area contributed by atoms with Gasteiger partial charge in [0.25, 0.3) is 10.0 Å². The topological polar surface area (TPSA) is 76.1 Å². The minimum absolute atomic E-state index is 0.0812. The summed E-state index contributed by atoms with van der Waals surface area (Å²) in [6, 6.07) is 14.7. The van der Waals surface area contributed by atoms with E-state index in [9.17, 15) is 13.2 Å². The number of carbonyl (C=O) groups excluding carboxylic acids is 1. The van der Waals surface area contributed by atoms with Crippen molar-refractivity contribution < 1.29 is 13.2 Å². The van der Waals surface area contributed by atoms with Crippen LogP contribution in [0.1, 0.15) is 17.5 Å². The van der Waals surface area contributed by atoms with E-state index in [1.54, 1.807) is 36.7 Å². The number of aryl methyl sites for hydroxylation is 1. The third-order valence-electron chi connectivity index (χ3n) is 4.21. The Morgan fingerprint density at radius 2 is 1.76 bits per heavy atom. The van der Waals surface area contributed by atoms with Crippen LogP contribution in [0.3, 0.4) is 0 Å². The van der Waals surface area contributed by atoms with Crippen molar-refractivity contribution in [3.05, 3.63) is 88.2 Å². The summed E-state index contributed by atoms with van der Waals surface area (Å²) < 4.78 is 27.6. The van der Waals surface area contributed by atoms with Gasteiger partial charge >= 0.3 is 0 Å². The van der Waals surface area contributed by atoms with Gasteiger partial charge in [0, 0.05) is 35.9 Å². The molecule has 0 aliphatic rings. The first-order chi connectivity index (χ1) is 13.8. The number of anilines is 1. The molecule has 5 nitrogen and oxygen atoms in total. The first-order valence-electron chi connectivity index (χ1n) is 8.81. The van der Waals surface area contributed by atoms with E-state index in [0.717, 1.165) is 11.1 Å². The molecule has 0 bridgehead atoms. The highest BCUT2D eigenvalue weighted by Crippen LogP contribution is 2.27. The molecule has 1 aromatic heterocycles. The molecule has 0 fully saturated rings. The molecule has 8 heteroatoms. The van der Waals surface area contributed by atoms with Crippen LogP contribution in [0, 0.1) is 0 Å². The van der Waals surface area contributed by atoms with E-state index in [0.29, 0.717) is 18.5 Å². The van der Waals surface area contributed by atoms with Crippen LogP contribution in [0.4, 0.5) is 5.69 Å². The summed E-state index contributed by atoms with van der Waals surface area (Å²) in [5.41, 5.74) is 2.20. The number of ketones is 1. The molecule has 3 rings (SSSR count). The number of Topliss-reactive ketones (excluding diaryl/α,β-unsaturated/α-hetero) is 1. The van der Waals surface area contributed by atoms with Gasteiger partial charge in [-0.2, -0.15) is 0 Å². The van der Waals surface area contributed by atoms with Crippen LogP contribution in [-0.2, 0) is 27.7 Å². The van der Waals surface area contributed by atoms with Gasteiger partial charge in [-0.3, -0.25) is 14.5 Å². The van der Waals surface area contributed by atoms with Gasteiger partial charge in [-0.25, -0.2) is 8.42 Å². The molecular weight excluding hydrogens is 431 g/mol. The van der Waals surface area contributed by atoms with Crippen LogP contribution < -0.4 is 4.72 Å². The molecule has 150 valence electrons. The number of rotatable bonds is 8. The zero-order chi connectivity index (χ0) is 20.9. The van der Waals surface area contributed by atoms with Gasteiger partial charge in [0.05, 0.1) is 5.02 Å². The molecule has 0 radical (unpaired) electrons. The molecule has 0 saturated heterocycles. The second-order valence-electron chi connectivity index (χ2n) is 6.45. The second-order valence-corrected chi connectivity index (χ2v) is 8.95. The third-order valence-corrected chi connectivity index (χ3v) is 6.30. The minimum Gasteiger partial charge on any atom is -0.299 e. The predicted molar refractivity (Wildman–Crippen MR) is 115 cm³/mol. The lowest BCUT2D eigenvalue weighted by atomic mass is 10.0. The van der Waals surface area contributed by atoms with Crippen molar-refractivity contribution in [2.45, 2.75) is 24.2 Å². The van der Waals surface area contributed by atoms with E-state index >= 15 is 0 Å². The fraction of sp³-hybridized carbons (Fsp3) is 0.143. The number of aromatic nitrogens is 1. The summed E-state index contributed by atoms with van der Waals surface area (Å²) in [6.45, 7) is 0. The maximum atomic E-state index is 12.5. The minimum atomic E-state index is -3.88. The monoisotopic (exact) mass is 448 g/mol. The molecule has 1 N–H and O–H groups in total. The third kappa shape index (κ3) is 6.03. The second kappa shape index (κ2) is 9.39. The van der Waals surface area contributed by atoms with Crippen molar-refractivity contribution in [2.24, 2.45) is 0 Å². The van der Waals surface area contributed by atoms with Gasteiger partial charge in [0.2, 0.25) is 0 Å². The zero-order valence-electron chi connectivity index (χ0n) is 15.3.